The summed E-state index contributed by atoms with van der Waals surface area (Å²) in [5, 5.41) is 12.4. The second-order valence-corrected chi connectivity index (χ2v) is 5.80. The molecule has 0 unspecified atom stereocenters. The molecule has 0 spiro atoms. The van der Waals surface area contributed by atoms with E-state index < -0.39 is 5.97 Å². The molecule has 1 heterocycles. The van der Waals surface area contributed by atoms with E-state index in [0.29, 0.717) is 24.0 Å². The Morgan fingerprint density at radius 1 is 1.27 bits per heavy atom. The fourth-order valence-corrected chi connectivity index (χ4v) is 2.09. The highest BCUT2D eigenvalue weighted by Crippen LogP contribution is 2.13. The van der Waals surface area contributed by atoms with Gasteiger partial charge >= 0.3 is 5.97 Å². The highest BCUT2D eigenvalue weighted by molar-refractivity contribution is 5.86. The molecule has 1 aromatic carbocycles. The molecule has 2 rings (SSSR count). The molecule has 2 N–H and O–H groups in total. The monoisotopic (exact) mass is 299 g/mol. The van der Waals surface area contributed by atoms with Gasteiger partial charge in [-0.2, -0.15) is 0 Å². The van der Waals surface area contributed by atoms with Crippen LogP contribution in [0.5, 0.6) is 0 Å². The van der Waals surface area contributed by atoms with Crippen molar-refractivity contribution in [1.82, 2.24) is 9.97 Å². The Hall–Kier alpha value is -2.43. The highest BCUT2D eigenvalue weighted by Gasteiger charge is 2.11. The third-order valence-electron chi connectivity index (χ3n) is 3.13. The van der Waals surface area contributed by atoms with Gasteiger partial charge in [0.25, 0.3) is 0 Å². The molecule has 0 aliphatic carbocycles. The Kier molecular flexibility index (Phi) is 5.09. The summed E-state index contributed by atoms with van der Waals surface area (Å²) in [6.07, 6.45) is 0.513. The number of carboxylic acids is 1. The number of hydrogen-bond donors (Lipinski definition) is 2. The van der Waals surface area contributed by atoms with E-state index in [0.717, 1.165) is 17.7 Å². The van der Waals surface area contributed by atoms with Crippen LogP contribution in [-0.2, 0) is 6.42 Å². The van der Waals surface area contributed by atoms with Crippen LogP contribution in [0.2, 0.25) is 0 Å². The van der Waals surface area contributed by atoms with Gasteiger partial charge in [-0.15, -0.1) is 0 Å². The summed E-state index contributed by atoms with van der Waals surface area (Å²) in [6, 6.07) is 9.52. The number of anilines is 1. The maximum atomic E-state index is 11.2. The van der Waals surface area contributed by atoms with Crippen LogP contribution in [-0.4, -0.2) is 27.6 Å². The summed E-state index contributed by atoms with van der Waals surface area (Å²) in [5.74, 6) is 0.476. The van der Waals surface area contributed by atoms with Gasteiger partial charge in [-0.25, -0.2) is 14.8 Å². The lowest BCUT2D eigenvalue weighted by Crippen LogP contribution is -2.13. The number of nitrogens with one attached hydrogen (secondary N) is 1. The second kappa shape index (κ2) is 7.02. The molecule has 5 nitrogen and oxygen atoms in total. The van der Waals surface area contributed by atoms with E-state index in [1.807, 2.05) is 25.1 Å². The SMILES string of the molecule is Cc1cccc(Cc2nc(NCC(C)C)cc(C(=O)O)n2)c1. The van der Waals surface area contributed by atoms with E-state index in [2.05, 4.69) is 35.2 Å². The lowest BCUT2D eigenvalue weighted by Gasteiger charge is -2.10. The van der Waals surface area contributed by atoms with Gasteiger partial charge in [0, 0.05) is 19.0 Å². The van der Waals surface area contributed by atoms with E-state index in [-0.39, 0.29) is 5.69 Å². The molecule has 0 saturated carbocycles. The molecule has 0 aliphatic rings. The maximum absolute atomic E-state index is 11.2. The Bertz CT molecular complexity index is 669. The van der Waals surface area contributed by atoms with Crippen LogP contribution in [0.1, 0.15) is 41.3 Å². The molecule has 1 aromatic heterocycles. The van der Waals surface area contributed by atoms with Gasteiger partial charge in [0.15, 0.2) is 5.69 Å². The third kappa shape index (κ3) is 4.55. The number of rotatable bonds is 6. The zero-order chi connectivity index (χ0) is 16.1. The molecule has 22 heavy (non-hydrogen) atoms. The molecule has 0 aliphatic heterocycles. The summed E-state index contributed by atoms with van der Waals surface area (Å²) < 4.78 is 0. The molecule has 0 atom stereocenters. The van der Waals surface area contributed by atoms with Crippen LogP contribution < -0.4 is 5.32 Å². The third-order valence-corrected chi connectivity index (χ3v) is 3.13. The van der Waals surface area contributed by atoms with Crippen molar-refractivity contribution in [2.45, 2.75) is 27.2 Å². The van der Waals surface area contributed by atoms with Gasteiger partial charge < -0.3 is 10.4 Å². The molecular weight excluding hydrogens is 278 g/mol. The molecule has 0 saturated heterocycles. The van der Waals surface area contributed by atoms with Crippen molar-refractivity contribution in [3.05, 3.63) is 53.0 Å². The number of benzene rings is 1. The molecule has 0 radical (unpaired) electrons. The van der Waals surface area contributed by atoms with Gasteiger partial charge in [0.2, 0.25) is 0 Å². The van der Waals surface area contributed by atoms with Crippen molar-refractivity contribution in [3.63, 3.8) is 0 Å². The first kappa shape index (κ1) is 15.9. The molecule has 0 amide bonds. The standard InChI is InChI=1S/C17H21N3O2/c1-11(2)10-18-15-9-14(17(21)22)19-16(20-15)8-13-6-4-5-12(3)7-13/h4-7,9,11H,8,10H2,1-3H3,(H,21,22)(H,18,19,20). The summed E-state index contributed by atoms with van der Waals surface area (Å²) >= 11 is 0. The Morgan fingerprint density at radius 2 is 2.05 bits per heavy atom. The molecule has 0 bridgehead atoms. The molecule has 0 fully saturated rings. The minimum Gasteiger partial charge on any atom is -0.477 e. The van der Waals surface area contributed by atoms with E-state index in [1.54, 1.807) is 0 Å². The first-order chi connectivity index (χ1) is 10.4. The normalized spacial score (nSPS) is 10.7. The molecule has 116 valence electrons. The van der Waals surface area contributed by atoms with Gasteiger partial charge in [0.1, 0.15) is 11.6 Å². The lowest BCUT2D eigenvalue weighted by molar-refractivity contribution is 0.0690. The zero-order valence-corrected chi connectivity index (χ0v) is 13.1. The predicted octanol–water partition coefficient (Wildman–Crippen LogP) is 3.14. The Labute approximate surface area is 130 Å². The number of carboxylic acid groups (broad SMARTS) is 1. The number of aryl methyl sites for hydroxylation is 1. The minimum atomic E-state index is -1.04. The largest absolute Gasteiger partial charge is 0.477 e. The van der Waals surface area contributed by atoms with Crippen LogP contribution in [0.4, 0.5) is 5.82 Å². The second-order valence-electron chi connectivity index (χ2n) is 5.80. The minimum absolute atomic E-state index is 0.0175. The number of nitrogens with zero attached hydrogens (tertiary/aromatic N) is 2. The van der Waals surface area contributed by atoms with Crippen molar-refractivity contribution in [2.75, 3.05) is 11.9 Å². The predicted molar refractivity (Wildman–Crippen MR) is 86.3 cm³/mol. The van der Waals surface area contributed by atoms with Gasteiger partial charge in [0.05, 0.1) is 0 Å². The van der Waals surface area contributed by atoms with Gasteiger partial charge in [-0.3, -0.25) is 0 Å². The topological polar surface area (TPSA) is 75.1 Å². The summed E-state index contributed by atoms with van der Waals surface area (Å²) in [4.78, 5) is 19.8. The van der Waals surface area contributed by atoms with Crippen LogP contribution in [0.25, 0.3) is 0 Å². The Morgan fingerprint density at radius 3 is 2.68 bits per heavy atom. The molecule has 2 aromatic rings. The van der Waals surface area contributed by atoms with Crippen LogP contribution >= 0.6 is 0 Å². The van der Waals surface area contributed by atoms with Gasteiger partial charge in [-0.05, 0) is 18.4 Å². The van der Waals surface area contributed by atoms with Crippen molar-refractivity contribution < 1.29 is 9.90 Å². The van der Waals surface area contributed by atoms with E-state index >= 15 is 0 Å². The molecule has 5 heteroatoms. The first-order valence-electron chi connectivity index (χ1n) is 7.34. The average molecular weight is 299 g/mol. The molecular formula is C17H21N3O2. The fourth-order valence-electron chi connectivity index (χ4n) is 2.09. The first-order valence-corrected chi connectivity index (χ1v) is 7.34. The number of carbonyl (C=O) groups is 1. The van der Waals surface area contributed by atoms with Crippen molar-refractivity contribution >= 4 is 11.8 Å². The quantitative estimate of drug-likeness (QED) is 0.857. The zero-order valence-electron chi connectivity index (χ0n) is 13.1. The highest BCUT2D eigenvalue weighted by atomic mass is 16.4. The number of aromatic carboxylic acids is 1. The summed E-state index contributed by atoms with van der Waals surface area (Å²) in [7, 11) is 0. The smallest absolute Gasteiger partial charge is 0.354 e. The average Bonchev–Trinajstić information content (AvgIpc) is 2.45. The van der Waals surface area contributed by atoms with Crippen LogP contribution in [0, 0.1) is 12.8 Å². The fraction of sp³-hybridized carbons (Fsp3) is 0.353. The summed E-state index contributed by atoms with van der Waals surface area (Å²) in [5.41, 5.74) is 2.24. The van der Waals surface area contributed by atoms with E-state index in [4.69, 9.17) is 0 Å². The van der Waals surface area contributed by atoms with Crippen molar-refractivity contribution in [2.24, 2.45) is 5.92 Å². The Balaban J connectivity index is 2.27. The van der Waals surface area contributed by atoms with Crippen molar-refractivity contribution in [1.29, 1.82) is 0 Å². The van der Waals surface area contributed by atoms with E-state index in [9.17, 15) is 9.90 Å². The summed E-state index contributed by atoms with van der Waals surface area (Å²) in [6.45, 7) is 6.92. The lowest BCUT2D eigenvalue weighted by atomic mass is 10.1. The van der Waals surface area contributed by atoms with E-state index in [1.165, 1.54) is 6.07 Å². The number of hydrogen-bond acceptors (Lipinski definition) is 4. The van der Waals surface area contributed by atoms with Crippen molar-refractivity contribution in [3.8, 4) is 0 Å². The van der Waals surface area contributed by atoms with Crippen LogP contribution in [0.15, 0.2) is 30.3 Å². The maximum Gasteiger partial charge on any atom is 0.354 e. The van der Waals surface area contributed by atoms with Gasteiger partial charge in [-0.1, -0.05) is 43.7 Å². The van der Waals surface area contributed by atoms with Crippen LogP contribution in [0.3, 0.4) is 0 Å². The number of aromatic nitrogens is 2.